The molecule has 3 N–H and O–H groups in total. The number of carbonyl (C=O) groups is 1. The fourth-order valence-electron chi connectivity index (χ4n) is 5.11. The standard InChI is InChI=1S/C25H28N6O3/c1-28-23-21(24(33)29(2)25(28)34)31(14-18-8-5-7-16-6-3-4-9-19(16)18)20(27-23)15-30-12-10-17(11-13-30)22(26)32/h3-9,17H,10-15H2,1-2H3,(H2,26,32)/p+1. The van der Waals surface area contributed by atoms with E-state index < -0.39 is 5.69 Å². The zero-order chi connectivity index (χ0) is 24.0. The Balaban J connectivity index is 1.62. The summed E-state index contributed by atoms with van der Waals surface area (Å²) in [5, 5.41) is 2.25. The van der Waals surface area contributed by atoms with Gasteiger partial charge in [-0.05, 0) is 16.3 Å². The van der Waals surface area contributed by atoms with E-state index in [0.717, 1.165) is 52.7 Å². The fourth-order valence-corrected chi connectivity index (χ4v) is 5.11. The van der Waals surface area contributed by atoms with Crippen LogP contribution in [0, 0.1) is 5.92 Å². The van der Waals surface area contributed by atoms with E-state index in [1.807, 2.05) is 22.8 Å². The number of quaternary nitrogens is 1. The second-order valence-corrected chi connectivity index (χ2v) is 9.23. The summed E-state index contributed by atoms with van der Waals surface area (Å²) in [4.78, 5) is 43.5. The summed E-state index contributed by atoms with van der Waals surface area (Å²) < 4.78 is 4.54. The molecule has 4 aromatic rings. The van der Waals surface area contributed by atoms with Gasteiger partial charge in [0.2, 0.25) is 5.91 Å². The van der Waals surface area contributed by atoms with Crippen LogP contribution in [0.2, 0.25) is 0 Å². The first-order valence-electron chi connectivity index (χ1n) is 11.6. The normalized spacial score (nSPS) is 18.5. The molecule has 0 spiro atoms. The summed E-state index contributed by atoms with van der Waals surface area (Å²) >= 11 is 0. The molecule has 2 aromatic carbocycles. The lowest BCUT2D eigenvalue weighted by atomic mass is 9.96. The topological polar surface area (TPSA) is 109 Å². The summed E-state index contributed by atoms with van der Waals surface area (Å²) in [5.74, 6) is 0.445. The lowest BCUT2D eigenvalue weighted by Crippen LogP contribution is -3.12. The van der Waals surface area contributed by atoms with E-state index in [1.54, 1.807) is 7.05 Å². The van der Waals surface area contributed by atoms with Gasteiger partial charge in [-0.1, -0.05) is 42.5 Å². The minimum Gasteiger partial charge on any atom is -0.369 e. The van der Waals surface area contributed by atoms with E-state index in [0.29, 0.717) is 24.3 Å². The van der Waals surface area contributed by atoms with Gasteiger partial charge in [-0.15, -0.1) is 0 Å². The zero-order valence-electron chi connectivity index (χ0n) is 19.5. The summed E-state index contributed by atoms with van der Waals surface area (Å²) in [6, 6.07) is 14.3. The number of hydrogen-bond donors (Lipinski definition) is 2. The number of rotatable bonds is 5. The molecule has 3 heterocycles. The highest BCUT2D eigenvalue weighted by Gasteiger charge is 2.28. The van der Waals surface area contributed by atoms with Crippen molar-refractivity contribution in [3.8, 4) is 0 Å². The average Bonchev–Trinajstić information content (AvgIpc) is 3.19. The zero-order valence-corrected chi connectivity index (χ0v) is 19.5. The lowest BCUT2D eigenvalue weighted by Gasteiger charge is -2.27. The average molecular weight is 462 g/mol. The van der Waals surface area contributed by atoms with E-state index in [-0.39, 0.29) is 17.4 Å². The molecule has 0 bridgehead atoms. The predicted octanol–water partition coefficient (Wildman–Crippen LogP) is -0.0846. The minimum atomic E-state index is -0.395. The number of carbonyl (C=O) groups excluding carboxylic acids is 1. The van der Waals surface area contributed by atoms with E-state index in [2.05, 4.69) is 24.3 Å². The minimum absolute atomic E-state index is 0.0774. The Bertz CT molecular complexity index is 1520. The highest BCUT2D eigenvalue weighted by molar-refractivity contribution is 5.86. The number of nitrogens with two attached hydrogens (primary N) is 1. The van der Waals surface area contributed by atoms with Crippen molar-refractivity contribution in [2.45, 2.75) is 25.9 Å². The Morgan fingerprint density at radius 1 is 1.06 bits per heavy atom. The van der Waals surface area contributed by atoms with Crippen LogP contribution in [0.3, 0.4) is 0 Å². The van der Waals surface area contributed by atoms with Crippen molar-refractivity contribution >= 4 is 27.8 Å². The number of aryl methyl sites for hydroxylation is 1. The van der Waals surface area contributed by atoms with E-state index in [9.17, 15) is 14.4 Å². The monoisotopic (exact) mass is 461 g/mol. The van der Waals surface area contributed by atoms with Gasteiger partial charge in [0.1, 0.15) is 6.54 Å². The second kappa shape index (κ2) is 8.57. The van der Waals surface area contributed by atoms with Crippen LogP contribution in [0.4, 0.5) is 0 Å². The number of aromatic nitrogens is 4. The number of nitrogens with one attached hydrogen (secondary N) is 1. The van der Waals surface area contributed by atoms with Crippen LogP contribution >= 0.6 is 0 Å². The van der Waals surface area contributed by atoms with Crippen LogP contribution in [0.25, 0.3) is 21.9 Å². The first-order chi connectivity index (χ1) is 16.3. The molecule has 176 valence electrons. The molecule has 1 aliphatic rings. The Hall–Kier alpha value is -3.72. The van der Waals surface area contributed by atoms with Crippen molar-refractivity contribution in [2.75, 3.05) is 13.1 Å². The highest BCUT2D eigenvalue weighted by atomic mass is 16.2. The van der Waals surface area contributed by atoms with Crippen LogP contribution in [-0.4, -0.2) is 37.7 Å². The molecule has 0 atom stereocenters. The molecule has 9 heteroatoms. The number of benzene rings is 2. The van der Waals surface area contributed by atoms with Crippen LogP contribution in [0.15, 0.2) is 52.1 Å². The van der Waals surface area contributed by atoms with Gasteiger partial charge in [0.25, 0.3) is 5.56 Å². The molecular formula is C25H29N6O3+. The van der Waals surface area contributed by atoms with Gasteiger partial charge in [0.05, 0.1) is 19.6 Å². The van der Waals surface area contributed by atoms with Crippen LogP contribution < -0.4 is 21.9 Å². The van der Waals surface area contributed by atoms with Crippen molar-refractivity contribution in [3.63, 3.8) is 0 Å². The van der Waals surface area contributed by atoms with Crippen molar-refractivity contribution in [2.24, 2.45) is 25.7 Å². The SMILES string of the molecule is Cn1c(=O)c2c(nc(C[NH+]3CCC(C(N)=O)CC3)n2Cc2cccc3ccccc23)n(C)c1=O. The molecule has 0 radical (unpaired) electrons. The highest BCUT2D eigenvalue weighted by Crippen LogP contribution is 2.22. The van der Waals surface area contributed by atoms with Crippen molar-refractivity contribution in [3.05, 3.63) is 74.7 Å². The van der Waals surface area contributed by atoms with E-state index >= 15 is 0 Å². The molecule has 34 heavy (non-hydrogen) atoms. The number of piperidine rings is 1. The van der Waals surface area contributed by atoms with Crippen LogP contribution in [-0.2, 0) is 32.0 Å². The van der Waals surface area contributed by atoms with Crippen molar-refractivity contribution in [1.82, 2.24) is 18.7 Å². The lowest BCUT2D eigenvalue weighted by molar-refractivity contribution is -0.920. The molecule has 0 aliphatic carbocycles. The quantitative estimate of drug-likeness (QED) is 0.433. The van der Waals surface area contributed by atoms with Gasteiger partial charge < -0.3 is 15.2 Å². The summed E-state index contributed by atoms with van der Waals surface area (Å²) in [6.45, 7) is 2.68. The van der Waals surface area contributed by atoms with Gasteiger partial charge in [-0.3, -0.25) is 18.7 Å². The maximum Gasteiger partial charge on any atom is 0.332 e. The first kappa shape index (κ1) is 22.1. The van der Waals surface area contributed by atoms with Gasteiger partial charge >= 0.3 is 5.69 Å². The Labute approximate surface area is 196 Å². The van der Waals surface area contributed by atoms with Gasteiger partial charge in [0.15, 0.2) is 17.0 Å². The molecule has 9 nitrogen and oxygen atoms in total. The van der Waals surface area contributed by atoms with Gasteiger partial charge in [-0.2, -0.15) is 0 Å². The maximum atomic E-state index is 13.2. The van der Waals surface area contributed by atoms with Gasteiger partial charge in [-0.25, -0.2) is 9.78 Å². The number of imidazole rings is 1. The second-order valence-electron chi connectivity index (χ2n) is 9.23. The molecule has 5 rings (SSSR count). The van der Waals surface area contributed by atoms with Gasteiger partial charge in [0, 0.05) is 32.9 Å². The molecule has 1 aliphatic heterocycles. The summed E-state index contributed by atoms with van der Waals surface area (Å²) in [6.07, 6.45) is 1.49. The third-order valence-corrected chi connectivity index (χ3v) is 7.14. The number of fused-ring (bicyclic) bond motifs is 2. The molecule has 0 saturated carbocycles. The number of likely N-dealkylation sites (tertiary alicyclic amines) is 1. The maximum absolute atomic E-state index is 13.2. The number of hydrogen-bond acceptors (Lipinski definition) is 4. The third kappa shape index (κ3) is 3.71. The molecule has 0 unspecified atom stereocenters. The number of primary amides is 1. The molecular weight excluding hydrogens is 432 g/mol. The first-order valence-corrected chi connectivity index (χ1v) is 11.6. The summed E-state index contributed by atoms with van der Waals surface area (Å²) in [7, 11) is 3.15. The summed E-state index contributed by atoms with van der Waals surface area (Å²) in [5.41, 5.74) is 6.66. The predicted molar refractivity (Wildman–Crippen MR) is 130 cm³/mol. The Morgan fingerprint density at radius 2 is 1.76 bits per heavy atom. The third-order valence-electron chi connectivity index (χ3n) is 7.14. The van der Waals surface area contributed by atoms with Crippen LogP contribution in [0.5, 0.6) is 0 Å². The van der Waals surface area contributed by atoms with Crippen molar-refractivity contribution in [1.29, 1.82) is 0 Å². The Morgan fingerprint density at radius 3 is 2.50 bits per heavy atom. The fraction of sp³-hybridized carbons (Fsp3) is 0.360. The van der Waals surface area contributed by atoms with Crippen LogP contribution in [0.1, 0.15) is 24.2 Å². The molecule has 1 amide bonds. The smallest absolute Gasteiger partial charge is 0.332 e. The Kier molecular flexibility index (Phi) is 5.57. The largest absolute Gasteiger partial charge is 0.369 e. The number of amides is 1. The van der Waals surface area contributed by atoms with Crippen molar-refractivity contribution < 1.29 is 9.69 Å². The number of nitrogens with zero attached hydrogens (tertiary/aromatic N) is 4. The van der Waals surface area contributed by atoms with E-state index in [4.69, 9.17) is 10.7 Å². The molecule has 2 aromatic heterocycles. The van der Waals surface area contributed by atoms with E-state index in [1.165, 1.54) is 16.5 Å². The molecule has 1 saturated heterocycles. The molecule has 1 fully saturated rings.